The Morgan fingerprint density at radius 2 is 2.00 bits per heavy atom. The monoisotopic (exact) mass is 284 g/mol. The van der Waals surface area contributed by atoms with Gasteiger partial charge >= 0.3 is 0 Å². The lowest BCUT2D eigenvalue weighted by atomic mass is 9.97. The summed E-state index contributed by atoms with van der Waals surface area (Å²) >= 11 is 0. The van der Waals surface area contributed by atoms with Gasteiger partial charge in [-0.1, -0.05) is 12.1 Å². The summed E-state index contributed by atoms with van der Waals surface area (Å²) in [6.45, 7) is 2.37. The summed E-state index contributed by atoms with van der Waals surface area (Å²) in [5, 5.41) is 0. The van der Waals surface area contributed by atoms with Crippen LogP contribution in [0.25, 0.3) is 0 Å². The third-order valence-corrected chi connectivity index (χ3v) is 3.50. The van der Waals surface area contributed by atoms with Crippen LogP contribution in [0.4, 0.5) is 5.69 Å². The van der Waals surface area contributed by atoms with Gasteiger partial charge in [-0.05, 0) is 30.9 Å². The summed E-state index contributed by atoms with van der Waals surface area (Å²) in [5.74, 6) is 0.621. The Bertz CT molecular complexity index is 418. The summed E-state index contributed by atoms with van der Waals surface area (Å²) in [4.78, 5) is 14.2. The van der Waals surface area contributed by atoms with Gasteiger partial charge < -0.3 is 15.4 Å². The van der Waals surface area contributed by atoms with Crippen LogP contribution in [-0.4, -0.2) is 37.6 Å². The van der Waals surface area contributed by atoms with Crippen molar-refractivity contribution in [3.05, 3.63) is 29.8 Å². The predicted molar refractivity (Wildman–Crippen MR) is 78.6 cm³/mol. The van der Waals surface area contributed by atoms with Crippen molar-refractivity contribution in [2.75, 3.05) is 32.5 Å². The van der Waals surface area contributed by atoms with Gasteiger partial charge in [-0.2, -0.15) is 0 Å². The van der Waals surface area contributed by atoms with Gasteiger partial charge in [0.05, 0.1) is 5.56 Å². The molecule has 1 aliphatic heterocycles. The molecule has 0 aliphatic carbocycles. The van der Waals surface area contributed by atoms with Crippen molar-refractivity contribution in [2.45, 2.75) is 12.8 Å². The van der Waals surface area contributed by atoms with Crippen LogP contribution in [0.1, 0.15) is 23.2 Å². The topological polar surface area (TPSA) is 55.6 Å². The molecule has 1 aromatic rings. The SMILES string of the molecule is COCC1CCN(C(=O)c2ccccc2N)CC1.Cl. The van der Waals surface area contributed by atoms with Gasteiger partial charge in [-0.15, -0.1) is 12.4 Å². The normalized spacial score (nSPS) is 15.9. The van der Waals surface area contributed by atoms with Crippen molar-refractivity contribution in [3.63, 3.8) is 0 Å². The fraction of sp³-hybridized carbons (Fsp3) is 0.500. The lowest BCUT2D eigenvalue weighted by molar-refractivity contribution is 0.0614. The number of rotatable bonds is 3. The van der Waals surface area contributed by atoms with E-state index < -0.39 is 0 Å². The third kappa shape index (κ3) is 3.85. The van der Waals surface area contributed by atoms with Crippen molar-refractivity contribution >= 4 is 24.0 Å². The maximum absolute atomic E-state index is 12.3. The number of para-hydroxylation sites is 1. The molecule has 1 heterocycles. The molecule has 0 saturated carbocycles. The van der Waals surface area contributed by atoms with E-state index in [0.29, 0.717) is 17.2 Å². The van der Waals surface area contributed by atoms with E-state index in [1.165, 1.54) is 0 Å². The standard InChI is InChI=1S/C14H20N2O2.ClH/c1-18-10-11-6-8-16(9-7-11)14(17)12-4-2-3-5-13(12)15;/h2-5,11H,6-10,15H2,1H3;1H. The van der Waals surface area contributed by atoms with Crippen LogP contribution in [0.15, 0.2) is 24.3 Å². The van der Waals surface area contributed by atoms with Crippen molar-refractivity contribution in [1.29, 1.82) is 0 Å². The summed E-state index contributed by atoms with van der Waals surface area (Å²) in [6.07, 6.45) is 2.01. The fourth-order valence-electron chi connectivity index (χ4n) is 2.40. The molecule has 1 aromatic carbocycles. The highest BCUT2D eigenvalue weighted by atomic mass is 35.5. The first-order chi connectivity index (χ1) is 8.72. The second-order valence-electron chi connectivity index (χ2n) is 4.78. The fourth-order valence-corrected chi connectivity index (χ4v) is 2.40. The number of hydrogen-bond acceptors (Lipinski definition) is 3. The number of likely N-dealkylation sites (tertiary alicyclic amines) is 1. The highest BCUT2D eigenvalue weighted by molar-refractivity contribution is 5.99. The molecule has 0 atom stereocenters. The first kappa shape index (κ1) is 15.8. The van der Waals surface area contributed by atoms with Gasteiger partial charge in [0.1, 0.15) is 0 Å². The number of halogens is 1. The second-order valence-corrected chi connectivity index (χ2v) is 4.78. The van der Waals surface area contributed by atoms with E-state index in [9.17, 15) is 4.79 Å². The van der Waals surface area contributed by atoms with Gasteiger partial charge in [-0.3, -0.25) is 4.79 Å². The van der Waals surface area contributed by atoms with E-state index in [2.05, 4.69) is 0 Å². The quantitative estimate of drug-likeness (QED) is 0.866. The molecule has 0 spiro atoms. The van der Waals surface area contributed by atoms with Crippen LogP contribution in [0, 0.1) is 5.92 Å². The zero-order valence-electron chi connectivity index (χ0n) is 11.2. The van der Waals surface area contributed by atoms with E-state index in [4.69, 9.17) is 10.5 Å². The van der Waals surface area contributed by atoms with Crippen LogP contribution in [0.2, 0.25) is 0 Å². The molecule has 2 rings (SSSR count). The molecular weight excluding hydrogens is 264 g/mol. The molecule has 1 saturated heterocycles. The molecule has 19 heavy (non-hydrogen) atoms. The van der Waals surface area contributed by atoms with E-state index in [1.807, 2.05) is 17.0 Å². The second kappa shape index (κ2) is 7.36. The number of nitrogens with two attached hydrogens (primary N) is 1. The Hall–Kier alpha value is -1.26. The molecule has 5 heteroatoms. The minimum Gasteiger partial charge on any atom is -0.398 e. The van der Waals surface area contributed by atoms with Crippen LogP contribution >= 0.6 is 12.4 Å². The Balaban J connectivity index is 0.00000180. The molecule has 0 aromatic heterocycles. The Morgan fingerprint density at radius 1 is 1.37 bits per heavy atom. The van der Waals surface area contributed by atoms with Crippen LogP contribution in [0.3, 0.4) is 0 Å². The summed E-state index contributed by atoms with van der Waals surface area (Å²) in [7, 11) is 1.72. The van der Waals surface area contributed by atoms with Gasteiger partial charge in [0.2, 0.25) is 0 Å². The van der Waals surface area contributed by atoms with Crippen molar-refractivity contribution in [3.8, 4) is 0 Å². The molecule has 106 valence electrons. The van der Waals surface area contributed by atoms with Crippen molar-refractivity contribution in [1.82, 2.24) is 4.90 Å². The molecule has 1 aliphatic rings. The third-order valence-electron chi connectivity index (χ3n) is 3.50. The molecule has 0 bridgehead atoms. The zero-order valence-corrected chi connectivity index (χ0v) is 12.0. The number of benzene rings is 1. The van der Waals surface area contributed by atoms with E-state index in [0.717, 1.165) is 32.5 Å². The highest BCUT2D eigenvalue weighted by Crippen LogP contribution is 2.21. The Labute approximate surface area is 120 Å². The first-order valence-corrected chi connectivity index (χ1v) is 6.35. The summed E-state index contributed by atoms with van der Waals surface area (Å²) < 4.78 is 5.16. The predicted octanol–water partition coefficient (Wildman–Crippen LogP) is 2.19. The largest absolute Gasteiger partial charge is 0.398 e. The number of hydrogen-bond donors (Lipinski definition) is 1. The lowest BCUT2D eigenvalue weighted by Gasteiger charge is -2.32. The highest BCUT2D eigenvalue weighted by Gasteiger charge is 2.24. The van der Waals surface area contributed by atoms with Crippen LogP contribution in [-0.2, 0) is 4.74 Å². The van der Waals surface area contributed by atoms with E-state index in [-0.39, 0.29) is 18.3 Å². The molecule has 2 N–H and O–H groups in total. The number of carbonyl (C=O) groups excluding carboxylic acids is 1. The number of amides is 1. The Morgan fingerprint density at radius 3 is 2.58 bits per heavy atom. The molecule has 1 amide bonds. The minimum atomic E-state index is 0. The van der Waals surface area contributed by atoms with Gasteiger partial charge in [-0.25, -0.2) is 0 Å². The molecule has 0 radical (unpaired) electrons. The van der Waals surface area contributed by atoms with E-state index in [1.54, 1.807) is 19.2 Å². The average Bonchev–Trinajstić information content (AvgIpc) is 2.40. The lowest BCUT2D eigenvalue weighted by Crippen LogP contribution is -2.39. The number of carbonyl (C=O) groups is 1. The maximum Gasteiger partial charge on any atom is 0.255 e. The molecule has 4 nitrogen and oxygen atoms in total. The number of anilines is 1. The van der Waals surface area contributed by atoms with Crippen LogP contribution in [0.5, 0.6) is 0 Å². The summed E-state index contributed by atoms with van der Waals surface area (Å²) in [5.41, 5.74) is 7.01. The molecule has 0 unspecified atom stereocenters. The van der Waals surface area contributed by atoms with Crippen LogP contribution < -0.4 is 5.73 Å². The zero-order chi connectivity index (χ0) is 13.0. The Kier molecular flexibility index (Phi) is 6.12. The van der Waals surface area contributed by atoms with E-state index >= 15 is 0 Å². The average molecular weight is 285 g/mol. The molecular formula is C14H21ClN2O2. The maximum atomic E-state index is 12.3. The van der Waals surface area contributed by atoms with Crippen molar-refractivity contribution < 1.29 is 9.53 Å². The number of ether oxygens (including phenoxy) is 1. The first-order valence-electron chi connectivity index (χ1n) is 6.35. The smallest absolute Gasteiger partial charge is 0.255 e. The van der Waals surface area contributed by atoms with Gasteiger partial charge in [0.15, 0.2) is 0 Å². The van der Waals surface area contributed by atoms with Gasteiger partial charge in [0, 0.05) is 32.5 Å². The van der Waals surface area contributed by atoms with Crippen molar-refractivity contribution in [2.24, 2.45) is 5.92 Å². The number of nitrogen functional groups attached to an aromatic ring is 1. The number of piperidine rings is 1. The molecule has 1 fully saturated rings. The summed E-state index contributed by atoms with van der Waals surface area (Å²) in [6, 6.07) is 7.25. The number of nitrogens with zero attached hydrogens (tertiary/aromatic N) is 1. The minimum absolute atomic E-state index is 0. The van der Waals surface area contributed by atoms with Gasteiger partial charge in [0.25, 0.3) is 5.91 Å². The number of methoxy groups -OCH3 is 1.